The maximum absolute atomic E-state index is 12.4. The van der Waals surface area contributed by atoms with E-state index in [1.165, 1.54) is 4.90 Å². The maximum Gasteiger partial charge on any atom is 0.318 e. The first-order chi connectivity index (χ1) is 12.6. The van der Waals surface area contributed by atoms with Gasteiger partial charge in [-0.3, -0.25) is 4.79 Å². The fraction of sp³-hybridized carbons (Fsp3) is 0.389. The van der Waals surface area contributed by atoms with Crippen LogP contribution in [0.3, 0.4) is 0 Å². The number of imidazole rings is 1. The molecule has 0 radical (unpaired) electrons. The number of aryl methyl sites for hydroxylation is 1. The van der Waals surface area contributed by atoms with Crippen LogP contribution < -0.4 is 10.1 Å². The van der Waals surface area contributed by atoms with Gasteiger partial charge < -0.3 is 24.4 Å². The smallest absolute Gasteiger partial charge is 0.318 e. The second-order valence-corrected chi connectivity index (χ2v) is 6.20. The Bertz CT molecular complexity index is 789. The van der Waals surface area contributed by atoms with Gasteiger partial charge in [-0.05, 0) is 17.7 Å². The molecule has 2 heterocycles. The number of carbonyl (C=O) groups excluding carboxylic acids is 2. The van der Waals surface area contributed by atoms with Crippen LogP contribution in [0.15, 0.2) is 36.7 Å². The molecule has 0 unspecified atom stereocenters. The lowest BCUT2D eigenvalue weighted by Crippen LogP contribution is -2.54. The molecule has 1 aliphatic heterocycles. The predicted molar refractivity (Wildman–Crippen MR) is 95.4 cm³/mol. The fourth-order valence-electron chi connectivity index (χ4n) is 2.87. The minimum atomic E-state index is -0.248. The van der Waals surface area contributed by atoms with Crippen LogP contribution >= 0.6 is 0 Å². The van der Waals surface area contributed by atoms with E-state index in [9.17, 15) is 9.59 Å². The van der Waals surface area contributed by atoms with Gasteiger partial charge >= 0.3 is 6.03 Å². The summed E-state index contributed by atoms with van der Waals surface area (Å²) in [6, 6.07) is 7.40. The summed E-state index contributed by atoms with van der Waals surface area (Å²) in [4.78, 5) is 32.2. The molecule has 1 fully saturated rings. The van der Waals surface area contributed by atoms with Crippen LogP contribution in [0, 0.1) is 0 Å². The third kappa shape index (κ3) is 4.14. The van der Waals surface area contributed by atoms with Gasteiger partial charge in [0.1, 0.15) is 18.1 Å². The van der Waals surface area contributed by atoms with E-state index in [2.05, 4.69) is 10.3 Å². The number of rotatable bonds is 5. The Labute approximate surface area is 152 Å². The van der Waals surface area contributed by atoms with Crippen molar-refractivity contribution in [2.24, 2.45) is 7.05 Å². The van der Waals surface area contributed by atoms with E-state index in [-0.39, 0.29) is 18.5 Å². The van der Waals surface area contributed by atoms with Crippen LogP contribution in [0.25, 0.3) is 0 Å². The highest BCUT2D eigenvalue weighted by Crippen LogP contribution is 2.16. The lowest BCUT2D eigenvalue weighted by atomic mass is 10.2. The zero-order valence-corrected chi connectivity index (χ0v) is 15.0. The average Bonchev–Trinajstić information content (AvgIpc) is 3.06. The maximum atomic E-state index is 12.4. The minimum absolute atomic E-state index is 0.0637. The standard InChI is InChI=1S/C18H23N5O3/c1-21-7-6-19-16(21)11-20-18(25)23-9-8-22(17(24)13-23)12-14-4-3-5-15(10-14)26-2/h3-7,10H,8-9,11-13H2,1-2H3,(H,20,25). The van der Waals surface area contributed by atoms with Crippen LogP contribution in [0.1, 0.15) is 11.4 Å². The first-order valence-electron chi connectivity index (χ1n) is 8.46. The Hall–Kier alpha value is -3.03. The van der Waals surface area contributed by atoms with Gasteiger partial charge in [0.15, 0.2) is 0 Å². The molecule has 0 saturated carbocycles. The lowest BCUT2D eigenvalue weighted by Gasteiger charge is -2.34. The molecule has 1 aromatic carbocycles. The van der Waals surface area contributed by atoms with E-state index < -0.39 is 0 Å². The fourth-order valence-corrected chi connectivity index (χ4v) is 2.87. The van der Waals surface area contributed by atoms with Crippen molar-refractivity contribution in [2.45, 2.75) is 13.1 Å². The molecule has 0 spiro atoms. The number of hydrogen-bond acceptors (Lipinski definition) is 4. The SMILES string of the molecule is COc1cccc(CN2CCN(C(=O)NCc3nccn3C)CC2=O)c1. The first kappa shape index (κ1) is 17.8. The van der Waals surface area contributed by atoms with Crippen LogP contribution in [0.2, 0.25) is 0 Å². The van der Waals surface area contributed by atoms with Crippen molar-refractivity contribution in [1.29, 1.82) is 0 Å². The molecule has 0 atom stereocenters. The molecule has 1 aromatic heterocycles. The highest BCUT2D eigenvalue weighted by atomic mass is 16.5. The van der Waals surface area contributed by atoms with Crippen LogP contribution in [0.5, 0.6) is 5.75 Å². The van der Waals surface area contributed by atoms with Gasteiger partial charge in [0.25, 0.3) is 0 Å². The molecule has 2 aromatic rings. The van der Waals surface area contributed by atoms with Crippen LogP contribution in [-0.2, 0) is 24.9 Å². The van der Waals surface area contributed by atoms with Gasteiger partial charge in [-0.15, -0.1) is 0 Å². The van der Waals surface area contributed by atoms with Gasteiger partial charge in [-0.1, -0.05) is 12.1 Å². The zero-order valence-electron chi connectivity index (χ0n) is 15.0. The summed E-state index contributed by atoms with van der Waals surface area (Å²) in [5.74, 6) is 1.47. The van der Waals surface area contributed by atoms with Gasteiger partial charge in [0.05, 0.1) is 13.7 Å². The summed E-state index contributed by atoms with van der Waals surface area (Å²) < 4.78 is 7.06. The van der Waals surface area contributed by atoms with Crippen molar-refractivity contribution in [3.05, 3.63) is 48.0 Å². The van der Waals surface area contributed by atoms with Crippen molar-refractivity contribution in [3.8, 4) is 5.75 Å². The number of urea groups is 1. The van der Waals surface area contributed by atoms with Gasteiger partial charge in [0.2, 0.25) is 5.91 Å². The number of amides is 3. The molecule has 1 aliphatic rings. The summed E-state index contributed by atoms with van der Waals surface area (Å²) >= 11 is 0. The molecular formula is C18H23N5O3. The Morgan fingerprint density at radius 2 is 2.19 bits per heavy atom. The first-order valence-corrected chi connectivity index (χ1v) is 8.46. The van der Waals surface area contributed by atoms with Crippen molar-refractivity contribution < 1.29 is 14.3 Å². The molecule has 1 saturated heterocycles. The second kappa shape index (κ2) is 7.90. The summed E-state index contributed by atoms with van der Waals surface area (Å²) in [6.45, 7) is 1.93. The number of carbonyl (C=O) groups is 2. The van der Waals surface area contributed by atoms with Crippen molar-refractivity contribution >= 4 is 11.9 Å². The molecule has 0 bridgehead atoms. The normalized spacial score (nSPS) is 14.5. The number of piperazine rings is 1. The van der Waals surface area contributed by atoms with E-state index in [4.69, 9.17) is 4.74 Å². The van der Waals surface area contributed by atoms with Crippen LogP contribution in [-0.4, -0.2) is 58.0 Å². The molecule has 3 rings (SSSR count). The minimum Gasteiger partial charge on any atom is -0.497 e. The Morgan fingerprint density at radius 1 is 1.35 bits per heavy atom. The topological polar surface area (TPSA) is 79.7 Å². The monoisotopic (exact) mass is 357 g/mol. The van der Waals surface area contributed by atoms with Gasteiger partial charge in [-0.25, -0.2) is 9.78 Å². The summed E-state index contributed by atoms with van der Waals surface area (Å²) in [7, 11) is 3.49. The molecule has 138 valence electrons. The van der Waals surface area contributed by atoms with Gasteiger partial charge in [-0.2, -0.15) is 0 Å². The van der Waals surface area contributed by atoms with Gasteiger partial charge in [0, 0.05) is 39.1 Å². The summed E-state index contributed by atoms with van der Waals surface area (Å²) in [5.41, 5.74) is 1.00. The number of hydrogen-bond donors (Lipinski definition) is 1. The molecule has 1 N–H and O–H groups in total. The van der Waals surface area contributed by atoms with Crippen molar-refractivity contribution in [1.82, 2.24) is 24.7 Å². The zero-order chi connectivity index (χ0) is 18.5. The Morgan fingerprint density at radius 3 is 2.88 bits per heavy atom. The second-order valence-electron chi connectivity index (χ2n) is 6.20. The molecule has 8 nitrogen and oxygen atoms in total. The van der Waals surface area contributed by atoms with Crippen molar-refractivity contribution in [3.63, 3.8) is 0 Å². The number of methoxy groups -OCH3 is 1. The van der Waals surface area contributed by atoms with E-state index >= 15 is 0 Å². The Kier molecular flexibility index (Phi) is 5.40. The molecule has 3 amide bonds. The van der Waals surface area contributed by atoms with E-state index in [0.29, 0.717) is 26.2 Å². The Balaban J connectivity index is 1.52. The summed E-state index contributed by atoms with van der Waals surface area (Å²) in [5, 5.41) is 2.81. The average molecular weight is 357 g/mol. The molecular weight excluding hydrogens is 334 g/mol. The largest absolute Gasteiger partial charge is 0.497 e. The highest BCUT2D eigenvalue weighted by molar-refractivity contribution is 5.85. The third-order valence-corrected chi connectivity index (χ3v) is 4.43. The van der Waals surface area contributed by atoms with E-state index in [0.717, 1.165) is 17.1 Å². The van der Waals surface area contributed by atoms with Crippen molar-refractivity contribution in [2.75, 3.05) is 26.7 Å². The van der Waals surface area contributed by atoms with E-state index in [1.807, 2.05) is 42.1 Å². The number of benzene rings is 1. The highest BCUT2D eigenvalue weighted by Gasteiger charge is 2.27. The third-order valence-electron chi connectivity index (χ3n) is 4.43. The number of nitrogens with one attached hydrogen (secondary N) is 1. The lowest BCUT2D eigenvalue weighted by molar-refractivity contribution is -0.135. The van der Waals surface area contributed by atoms with E-state index in [1.54, 1.807) is 18.2 Å². The summed E-state index contributed by atoms with van der Waals surface area (Å²) in [6.07, 6.45) is 3.50. The predicted octanol–water partition coefficient (Wildman–Crippen LogP) is 0.983. The number of ether oxygens (including phenoxy) is 1. The number of aromatic nitrogens is 2. The quantitative estimate of drug-likeness (QED) is 0.865. The number of nitrogens with zero attached hydrogens (tertiary/aromatic N) is 4. The molecule has 26 heavy (non-hydrogen) atoms. The molecule has 8 heteroatoms. The van der Waals surface area contributed by atoms with Crippen LogP contribution in [0.4, 0.5) is 4.79 Å². The molecule has 0 aliphatic carbocycles.